The highest BCUT2D eigenvalue weighted by Gasteiger charge is 2.04. The minimum Gasteiger partial charge on any atom is -0.477 e. The van der Waals surface area contributed by atoms with Crippen molar-refractivity contribution in [3.8, 4) is 17.0 Å². The predicted molar refractivity (Wildman–Crippen MR) is 101 cm³/mol. The normalized spacial score (nSPS) is 10.7. The van der Waals surface area contributed by atoms with Gasteiger partial charge in [0.05, 0.1) is 17.5 Å². The van der Waals surface area contributed by atoms with Crippen molar-refractivity contribution < 1.29 is 4.74 Å². The van der Waals surface area contributed by atoms with Gasteiger partial charge in [0, 0.05) is 6.42 Å². The van der Waals surface area contributed by atoms with Crippen molar-refractivity contribution in [2.75, 3.05) is 6.61 Å². The first-order chi connectivity index (χ1) is 12.4. The van der Waals surface area contributed by atoms with Crippen LogP contribution in [0.5, 0.6) is 5.88 Å². The van der Waals surface area contributed by atoms with Crippen LogP contribution in [0.3, 0.4) is 0 Å². The van der Waals surface area contributed by atoms with E-state index in [1.54, 1.807) is 6.33 Å². The summed E-state index contributed by atoms with van der Waals surface area (Å²) in [7, 11) is 0. The molecule has 1 aromatic heterocycles. The molecule has 3 heteroatoms. The summed E-state index contributed by atoms with van der Waals surface area (Å²) in [5, 5.41) is 0.947. The Morgan fingerprint density at radius 1 is 0.720 bits per heavy atom. The number of benzene rings is 3. The Bertz CT molecular complexity index is 978. The average Bonchev–Trinajstić information content (AvgIpc) is 2.69. The Morgan fingerprint density at radius 2 is 1.52 bits per heavy atom. The third-order valence-corrected chi connectivity index (χ3v) is 4.17. The zero-order valence-corrected chi connectivity index (χ0v) is 13.8. The lowest BCUT2D eigenvalue weighted by atomic mass is 10.0. The highest BCUT2D eigenvalue weighted by atomic mass is 16.5. The Balaban J connectivity index is 1.47. The van der Waals surface area contributed by atoms with Crippen molar-refractivity contribution in [3.05, 3.63) is 90.8 Å². The zero-order chi connectivity index (χ0) is 16.9. The largest absolute Gasteiger partial charge is 0.477 e. The third-order valence-electron chi connectivity index (χ3n) is 4.17. The van der Waals surface area contributed by atoms with E-state index in [2.05, 4.69) is 58.5 Å². The van der Waals surface area contributed by atoms with E-state index in [4.69, 9.17) is 4.74 Å². The molecule has 0 saturated heterocycles. The molecule has 0 aliphatic heterocycles. The van der Waals surface area contributed by atoms with Gasteiger partial charge in [-0.3, -0.25) is 0 Å². The standard InChI is InChI=1S/C22H18N2O/c1-2-8-18(9-3-1)19-10-6-7-17(15-19)13-14-25-22-20-11-4-5-12-21(20)23-16-24-22/h1-12,15-16H,13-14H2. The number of rotatable bonds is 5. The van der Waals surface area contributed by atoms with Crippen LogP contribution >= 0.6 is 0 Å². The number of ether oxygens (including phenoxy) is 1. The number of fused-ring (bicyclic) bond motifs is 1. The van der Waals surface area contributed by atoms with E-state index in [1.165, 1.54) is 16.7 Å². The van der Waals surface area contributed by atoms with Crippen LogP contribution in [0, 0.1) is 0 Å². The topological polar surface area (TPSA) is 35.0 Å². The molecule has 0 aliphatic carbocycles. The van der Waals surface area contributed by atoms with Gasteiger partial charge in [-0.05, 0) is 28.8 Å². The van der Waals surface area contributed by atoms with Crippen molar-refractivity contribution in [1.29, 1.82) is 0 Å². The van der Waals surface area contributed by atoms with Crippen LogP contribution in [0.2, 0.25) is 0 Å². The maximum absolute atomic E-state index is 5.92. The Hall–Kier alpha value is -3.20. The first-order valence-corrected chi connectivity index (χ1v) is 8.37. The van der Waals surface area contributed by atoms with Crippen molar-refractivity contribution >= 4 is 10.9 Å². The number of para-hydroxylation sites is 1. The summed E-state index contributed by atoms with van der Waals surface area (Å²) < 4.78 is 5.92. The highest BCUT2D eigenvalue weighted by molar-refractivity contribution is 5.82. The molecule has 3 aromatic carbocycles. The van der Waals surface area contributed by atoms with Crippen LogP contribution in [0.4, 0.5) is 0 Å². The third kappa shape index (κ3) is 3.50. The molecule has 0 N–H and O–H groups in total. The van der Waals surface area contributed by atoms with Gasteiger partial charge in [-0.1, -0.05) is 66.7 Å². The van der Waals surface area contributed by atoms with Crippen LogP contribution in [-0.4, -0.2) is 16.6 Å². The number of hydrogen-bond acceptors (Lipinski definition) is 3. The summed E-state index contributed by atoms with van der Waals surface area (Å²) >= 11 is 0. The summed E-state index contributed by atoms with van der Waals surface area (Å²) in [5.74, 6) is 0.643. The van der Waals surface area contributed by atoms with Gasteiger partial charge < -0.3 is 4.74 Å². The van der Waals surface area contributed by atoms with Gasteiger partial charge in [0.25, 0.3) is 0 Å². The summed E-state index contributed by atoms with van der Waals surface area (Å²) in [5.41, 5.74) is 4.61. The van der Waals surface area contributed by atoms with E-state index in [9.17, 15) is 0 Å². The summed E-state index contributed by atoms with van der Waals surface area (Å²) in [6.45, 7) is 0.583. The molecule has 0 amide bonds. The van der Waals surface area contributed by atoms with Gasteiger partial charge in [0.15, 0.2) is 0 Å². The van der Waals surface area contributed by atoms with Gasteiger partial charge in [-0.25, -0.2) is 9.97 Å². The summed E-state index contributed by atoms with van der Waals surface area (Å²) in [6, 6.07) is 26.9. The molecule has 0 fully saturated rings. The fourth-order valence-electron chi connectivity index (χ4n) is 2.90. The van der Waals surface area contributed by atoms with Crippen LogP contribution < -0.4 is 4.74 Å². The molecule has 3 nitrogen and oxygen atoms in total. The molecule has 0 unspecified atom stereocenters. The second-order valence-corrected chi connectivity index (χ2v) is 5.86. The van der Waals surface area contributed by atoms with Gasteiger partial charge in [-0.15, -0.1) is 0 Å². The van der Waals surface area contributed by atoms with E-state index < -0.39 is 0 Å². The predicted octanol–water partition coefficient (Wildman–Crippen LogP) is 4.92. The maximum atomic E-state index is 5.92. The smallest absolute Gasteiger partial charge is 0.224 e. The molecular formula is C22H18N2O. The number of aromatic nitrogens is 2. The first kappa shape index (κ1) is 15.3. The fraction of sp³-hybridized carbons (Fsp3) is 0.0909. The molecule has 0 spiro atoms. The van der Waals surface area contributed by atoms with Crippen molar-refractivity contribution in [1.82, 2.24) is 9.97 Å². The highest BCUT2D eigenvalue weighted by Crippen LogP contribution is 2.22. The minimum atomic E-state index is 0.583. The monoisotopic (exact) mass is 326 g/mol. The fourth-order valence-corrected chi connectivity index (χ4v) is 2.90. The van der Waals surface area contributed by atoms with Gasteiger partial charge >= 0.3 is 0 Å². The Kier molecular flexibility index (Phi) is 4.38. The van der Waals surface area contributed by atoms with Crippen LogP contribution in [0.25, 0.3) is 22.0 Å². The minimum absolute atomic E-state index is 0.583. The molecule has 0 radical (unpaired) electrons. The molecule has 0 aliphatic rings. The molecule has 0 bridgehead atoms. The van der Waals surface area contributed by atoms with Gasteiger partial charge in [0.1, 0.15) is 6.33 Å². The number of hydrogen-bond donors (Lipinski definition) is 0. The van der Waals surface area contributed by atoms with Crippen LogP contribution in [-0.2, 0) is 6.42 Å². The zero-order valence-electron chi connectivity index (χ0n) is 13.8. The van der Waals surface area contributed by atoms with Crippen LogP contribution in [0.1, 0.15) is 5.56 Å². The molecule has 25 heavy (non-hydrogen) atoms. The second-order valence-electron chi connectivity index (χ2n) is 5.86. The molecule has 122 valence electrons. The van der Waals surface area contributed by atoms with Crippen LogP contribution in [0.15, 0.2) is 85.2 Å². The molecule has 4 rings (SSSR count). The van der Waals surface area contributed by atoms with Crippen molar-refractivity contribution in [2.45, 2.75) is 6.42 Å². The first-order valence-electron chi connectivity index (χ1n) is 8.37. The van der Waals surface area contributed by atoms with Gasteiger partial charge in [0.2, 0.25) is 5.88 Å². The van der Waals surface area contributed by atoms with Crippen molar-refractivity contribution in [3.63, 3.8) is 0 Å². The SMILES string of the molecule is c1ccc(-c2cccc(CCOc3ncnc4ccccc34)c2)cc1. The molecule has 0 atom stereocenters. The van der Waals surface area contributed by atoms with E-state index in [0.29, 0.717) is 12.5 Å². The van der Waals surface area contributed by atoms with Gasteiger partial charge in [-0.2, -0.15) is 0 Å². The summed E-state index contributed by atoms with van der Waals surface area (Å²) in [4.78, 5) is 8.53. The molecular weight excluding hydrogens is 308 g/mol. The Labute approximate surface area is 147 Å². The van der Waals surface area contributed by atoms with E-state index in [0.717, 1.165) is 17.3 Å². The number of nitrogens with zero attached hydrogens (tertiary/aromatic N) is 2. The quantitative estimate of drug-likeness (QED) is 0.522. The lowest BCUT2D eigenvalue weighted by Gasteiger charge is -2.09. The van der Waals surface area contributed by atoms with E-state index in [-0.39, 0.29) is 0 Å². The van der Waals surface area contributed by atoms with Crippen molar-refractivity contribution in [2.24, 2.45) is 0 Å². The molecule has 1 heterocycles. The Morgan fingerprint density at radius 3 is 2.44 bits per heavy atom. The molecule has 4 aromatic rings. The lowest BCUT2D eigenvalue weighted by molar-refractivity contribution is 0.313. The second kappa shape index (κ2) is 7.14. The summed E-state index contributed by atoms with van der Waals surface area (Å²) in [6.07, 6.45) is 2.38. The van der Waals surface area contributed by atoms with E-state index in [1.807, 2.05) is 30.3 Å². The van der Waals surface area contributed by atoms with E-state index >= 15 is 0 Å². The molecule has 0 saturated carbocycles. The lowest BCUT2D eigenvalue weighted by Crippen LogP contribution is -2.03. The average molecular weight is 326 g/mol. The maximum Gasteiger partial charge on any atom is 0.224 e.